The van der Waals surface area contributed by atoms with Gasteiger partial charge in [-0.25, -0.2) is 9.48 Å². The summed E-state index contributed by atoms with van der Waals surface area (Å²) < 4.78 is 5.92. The highest BCUT2D eigenvalue weighted by atomic mass is 35.5. The molecule has 0 aliphatic carbocycles. The molecule has 0 aliphatic heterocycles. The molecule has 0 saturated heterocycles. The highest BCUT2D eigenvalue weighted by Gasteiger charge is 2.26. The number of benzene rings is 3. The summed E-state index contributed by atoms with van der Waals surface area (Å²) in [4.78, 5) is 38.9. The number of halogens is 1. The number of nitrogens with zero attached hydrogens (tertiary/aromatic N) is 2. The first-order valence-corrected chi connectivity index (χ1v) is 10.8. The molecule has 4 rings (SSSR count). The summed E-state index contributed by atoms with van der Waals surface area (Å²) in [5.74, 6) is -1.31. The molecule has 4 aromatic rings. The monoisotopic (exact) mass is 473 g/mol. The number of esters is 1. The van der Waals surface area contributed by atoms with Crippen molar-refractivity contribution in [3.05, 3.63) is 106 Å². The van der Waals surface area contributed by atoms with Crippen LogP contribution in [0.25, 0.3) is 22.4 Å². The lowest BCUT2D eigenvalue weighted by Gasteiger charge is -2.16. The normalized spacial score (nSPS) is 10.5. The van der Waals surface area contributed by atoms with Crippen molar-refractivity contribution in [1.29, 1.82) is 0 Å². The maximum absolute atomic E-state index is 13.4. The second kappa shape index (κ2) is 10.1. The Bertz CT molecular complexity index is 1400. The van der Waals surface area contributed by atoms with E-state index in [4.69, 9.17) is 16.3 Å². The molecule has 0 atom stereocenters. The molecule has 1 heterocycles. The zero-order valence-electron chi connectivity index (χ0n) is 18.2. The molecule has 0 fully saturated rings. The van der Waals surface area contributed by atoms with E-state index in [1.165, 1.54) is 7.11 Å². The van der Waals surface area contributed by atoms with Crippen LogP contribution in [-0.2, 0) is 16.1 Å². The van der Waals surface area contributed by atoms with Crippen molar-refractivity contribution >= 4 is 29.2 Å². The van der Waals surface area contributed by atoms with Crippen LogP contribution in [0, 0.1) is 0 Å². The van der Waals surface area contributed by atoms with Gasteiger partial charge in [-0.3, -0.25) is 9.59 Å². The van der Waals surface area contributed by atoms with E-state index in [0.29, 0.717) is 33.1 Å². The number of carbonyl (C=O) groups excluding carboxylic acids is 2. The van der Waals surface area contributed by atoms with E-state index < -0.39 is 24.0 Å². The van der Waals surface area contributed by atoms with Gasteiger partial charge in [-0.15, -0.1) is 0 Å². The average molecular weight is 474 g/mol. The van der Waals surface area contributed by atoms with Gasteiger partial charge in [0.25, 0.3) is 5.56 Å². The van der Waals surface area contributed by atoms with Gasteiger partial charge < -0.3 is 10.1 Å². The van der Waals surface area contributed by atoms with Crippen LogP contribution in [0.1, 0.15) is 10.4 Å². The minimum absolute atomic E-state index is 0.196. The van der Waals surface area contributed by atoms with E-state index in [-0.39, 0.29) is 5.56 Å². The van der Waals surface area contributed by atoms with Crippen LogP contribution < -0.4 is 10.9 Å². The Kier molecular flexibility index (Phi) is 6.85. The molecule has 170 valence electrons. The van der Waals surface area contributed by atoms with Crippen LogP contribution >= 0.6 is 11.6 Å². The maximum atomic E-state index is 13.4. The number of aromatic nitrogens is 2. The van der Waals surface area contributed by atoms with Crippen molar-refractivity contribution in [1.82, 2.24) is 9.78 Å². The molecule has 1 aromatic heterocycles. The first-order chi connectivity index (χ1) is 16.5. The molecular weight excluding hydrogens is 454 g/mol. The minimum Gasteiger partial charge on any atom is -0.465 e. The first kappa shape index (κ1) is 22.9. The van der Waals surface area contributed by atoms with Gasteiger partial charge >= 0.3 is 5.97 Å². The third kappa shape index (κ3) is 4.89. The van der Waals surface area contributed by atoms with E-state index in [0.717, 1.165) is 4.68 Å². The largest absolute Gasteiger partial charge is 0.465 e. The van der Waals surface area contributed by atoms with Crippen LogP contribution in [-0.4, -0.2) is 28.8 Å². The summed E-state index contributed by atoms with van der Waals surface area (Å²) in [5, 5.41) is 7.65. The van der Waals surface area contributed by atoms with Crippen LogP contribution in [0.3, 0.4) is 0 Å². The number of methoxy groups -OCH3 is 1. The molecule has 0 unspecified atom stereocenters. The lowest BCUT2D eigenvalue weighted by Crippen LogP contribution is -2.34. The number of amides is 1. The molecule has 0 spiro atoms. The van der Waals surface area contributed by atoms with Gasteiger partial charge in [0.1, 0.15) is 12.1 Å². The maximum Gasteiger partial charge on any atom is 0.344 e. The molecule has 3 aromatic carbocycles. The van der Waals surface area contributed by atoms with Crippen molar-refractivity contribution in [3.8, 4) is 22.4 Å². The number of carbonyl (C=O) groups is 2. The predicted octanol–water partition coefficient (Wildman–Crippen LogP) is 4.66. The number of nitrogens with one attached hydrogen (secondary N) is 1. The topological polar surface area (TPSA) is 90.3 Å². The number of anilines is 1. The third-order valence-corrected chi connectivity index (χ3v) is 5.29. The van der Waals surface area contributed by atoms with Gasteiger partial charge in [0.2, 0.25) is 5.91 Å². The fourth-order valence-corrected chi connectivity index (χ4v) is 3.75. The van der Waals surface area contributed by atoms with Gasteiger partial charge in [-0.1, -0.05) is 78.3 Å². The Labute approximate surface area is 200 Å². The van der Waals surface area contributed by atoms with Crippen LogP contribution in [0.15, 0.2) is 89.7 Å². The minimum atomic E-state index is -0.813. The molecule has 0 saturated carbocycles. The second-order valence-corrected chi connectivity index (χ2v) is 7.78. The zero-order chi connectivity index (χ0) is 24.1. The van der Waals surface area contributed by atoms with E-state index in [1.807, 2.05) is 36.4 Å². The van der Waals surface area contributed by atoms with Gasteiger partial charge in [-0.05, 0) is 23.8 Å². The van der Waals surface area contributed by atoms with E-state index in [2.05, 4.69) is 10.4 Å². The van der Waals surface area contributed by atoms with Crippen molar-refractivity contribution in [2.24, 2.45) is 0 Å². The van der Waals surface area contributed by atoms with Gasteiger partial charge in [0.15, 0.2) is 0 Å². The Morgan fingerprint density at radius 3 is 2.21 bits per heavy atom. The molecule has 0 radical (unpaired) electrons. The van der Waals surface area contributed by atoms with E-state index >= 15 is 0 Å². The molecule has 1 amide bonds. The highest BCUT2D eigenvalue weighted by molar-refractivity contribution is 6.30. The van der Waals surface area contributed by atoms with E-state index in [1.54, 1.807) is 48.5 Å². The van der Waals surface area contributed by atoms with Crippen LogP contribution in [0.2, 0.25) is 5.02 Å². The number of ether oxygens (including phenoxy) is 1. The Morgan fingerprint density at radius 1 is 0.941 bits per heavy atom. The SMILES string of the molecule is COC(=O)c1c(-c2ccccc2)c(-c2ccccc2)nn(CC(=O)Nc2cccc(Cl)c2)c1=O. The Morgan fingerprint density at radius 2 is 1.59 bits per heavy atom. The quantitative estimate of drug-likeness (QED) is 0.411. The molecule has 8 heteroatoms. The smallest absolute Gasteiger partial charge is 0.344 e. The van der Waals surface area contributed by atoms with Crippen molar-refractivity contribution < 1.29 is 14.3 Å². The molecule has 7 nitrogen and oxygen atoms in total. The fourth-order valence-electron chi connectivity index (χ4n) is 3.56. The highest BCUT2D eigenvalue weighted by Crippen LogP contribution is 2.32. The average Bonchev–Trinajstić information content (AvgIpc) is 2.85. The summed E-state index contributed by atoms with van der Waals surface area (Å²) in [6.07, 6.45) is 0. The summed E-state index contributed by atoms with van der Waals surface area (Å²) >= 11 is 5.98. The predicted molar refractivity (Wildman–Crippen MR) is 131 cm³/mol. The Balaban J connectivity index is 1.87. The summed E-state index contributed by atoms with van der Waals surface area (Å²) in [5.41, 5.74) is 1.57. The van der Waals surface area contributed by atoms with Gasteiger partial charge in [0.05, 0.1) is 12.8 Å². The number of hydrogen-bond donors (Lipinski definition) is 1. The molecule has 1 N–H and O–H groups in total. The lowest BCUT2D eigenvalue weighted by molar-refractivity contribution is -0.117. The standard InChI is InChI=1S/C26H20ClN3O4/c1-34-26(33)23-22(17-9-4-2-5-10-17)24(18-11-6-3-7-12-18)29-30(25(23)32)16-21(31)28-20-14-8-13-19(27)15-20/h2-15H,16H2,1H3,(H,28,31). The van der Waals surface area contributed by atoms with E-state index in [9.17, 15) is 14.4 Å². The first-order valence-electron chi connectivity index (χ1n) is 10.4. The zero-order valence-corrected chi connectivity index (χ0v) is 19.0. The van der Waals surface area contributed by atoms with Gasteiger partial charge in [0, 0.05) is 21.8 Å². The van der Waals surface area contributed by atoms with Crippen molar-refractivity contribution in [2.75, 3.05) is 12.4 Å². The third-order valence-electron chi connectivity index (χ3n) is 5.06. The van der Waals surface area contributed by atoms with Gasteiger partial charge in [-0.2, -0.15) is 5.10 Å². The summed E-state index contributed by atoms with van der Waals surface area (Å²) in [6.45, 7) is -0.412. The number of hydrogen-bond acceptors (Lipinski definition) is 5. The fraction of sp³-hybridized carbons (Fsp3) is 0.0769. The summed E-state index contributed by atoms with van der Waals surface area (Å²) in [7, 11) is 1.20. The van der Waals surface area contributed by atoms with Crippen LogP contribution in [0.4, 0.5) is 5.69 Å². The molecule has 0 aliphatic rings. The lowest BCUT2D eigenvalue weighted by atomic mass is 9.95. The van der Waals surface area contributed by atoms with Crippen LogP contribution in [0.5, 0.6) is 0 Å². The van der Waals surface area contributed by atoms with Crippen molar-refractivity contribution in [3.63, 3.8) is 0 Å². The Hall–Kier alpha value is -4.23. The molecular formula is C26H20ClN3O4. The molecule has 34 heavy (non-hydrogen) atoms. The molecule has 0 bridgehead atoms. The number of rotatable bonds is 6. The van der Waals surface area contributed by atoms with Crippen molar-refractivity contribution in [2.45, 2.75) is 6.54 Å². The second-order valence-electron chi connectivity index (χ2n) is 7.34. The summed E-state index contributed by atoms with van der Waals surface area (Å²) in [6, 6.07) is 24.8.